The first-order valence-corrected chi connectivity index (χ1v) is 6.99. The van der Waals surface area contributed by atoms with Crippen LogP contribution in [0.25, 0.3) is 0 Å². The van der Waals surface area contributed by atoms with Crippen molar-refractivity contribution in [1.82, 2.24) is 15.2 Å². The smallest absolute Gasteiger partial charge is 0.107 e. The van der Waals surface area contributed by atoms with Crippen LogP contribution in [0.15, 0.2) is 0 Å². The van der Waals surface area contributed by atoms with Gasteiger partial charge in [-0.1, -0.05) is 0 Å². The summed E-state index contributed by atoms with van der Waals surface area (Å²) in [5.74, 6) is 0. The van der Waals surface area contributed by atoms with Crippen LogP contribution in [0, 0.1) is 0 Å². The van der Waals surface area contributed by atoms with Gasteiger partial charge in [0.25, 0.3) is 0 Å². The fraction of sp³-hybridized carbons (Fsp3) is 0.769. The number of aromatic nitrogens is 1. The Hall–Kier alpha value is -0.490. The minimum Gasteiger partial charge on any atom is -0.378 e. The minimum absolute atomic E-state index is 0.121. The van der Waals surface area contributed by atoms with E-state index in [0.29, 0.717) is 6.61 Å². The topological polar surface area (TPSA) is 37.4 Å². The molecule has 0 amide bonds. The number of thiazole rings is 1. The van der Waals surface area contributed by atoms with E-state index >= 15 is 0 Å². The summed E-state index contributed by atoms with van der Waals surface area (Å²) in [7, 11) is 5.83. The summed E-state index contributed by atoms with van der Waals surface area (Å²) in [4.78, 5) is 8.07. The standard InChI is InChI=1S/C13H25N3OS/c1-13(2,3)14-7-11-10(9-17-6)15-12(18-11)8-16(4)5/h14H,7-9H2,1-6H3. The summed E-state index contributed by atoms with van der Waals surface area (Å²) in [5, 5.41) is 4.66. The van der Waals surface area contributed by atoms with Crippen LogP contribution in [-0.4, -0.2) is 36.6 Å². The molecule has 0 unspecified atom stereocenters. The molecule has 0 aliphatic heterocycles. The first kappa shape index (κ1) is 15.6. The van der Waals surface area contributed by atoms with Crippen molar-refractivity contribution >= 4 is 11.3 Å². The summed E-state index contributed by atoms with van der Waals surface area (Å²) >= 11 is 1.77. The zero-order valence-electron chi connectivity index (χ0n) is 12.3. The molecule has 0 aliphatic carbocycles. The lowest BCUT2D eigenvalue weighted by Gasteiger charge is -2.20. The molecule has 0 radical (unpaired) electrons. The lowest BCUT2D eigenvalue weighted by atomic mass is 10.1. The Kier molecular flexibility index (Phi) is 5.72. The molecule has 0 spiro atoms. The molecule has 1 aromatic rings. The van der Waals surface area contributed by atoms with Crippen LogP contribution in [-0.2, 0) is 24.4 Å². The van der Waals surface area contributed by atoms with Crippen molar-refractivity contribution in [2.75, 3.05) is 21.2 Å². The molecule has 104 valence electrons. The van der Waals surface area contributed by atoms with E-state index in [1.807, 2.05) is 0 Å². The highest BCUT2D eigenvalue weighted by Gasteiger charge is 2.15. The van der Waals surface area contributed by atoms with Gasteiger partial charge in [0.15, 0.2) is 0 Å². The molecule has 5 heteroatoms. The largest absolute Gasteiger partial charge is 0.378 e. The van der Waals surface area contributed by atoms with Crippen LogP contribution in [0.5, 0.6) is 0 Å². The zero-order valence-corrected chi connectivity index (χ0v) is 13.1. The van der Waals surface area contributed by atoms with Gasteiger partial charge in [-0.3, -0.25) is 0 Å². The number of hydrogen-bond donors (Lipinski definition) is 1. The minimum atomic E-state index is 0.121. The van der Waals surface area contributed by atoms with Crippen LogP contribution in [0.1, 0.15) is 36.3 Å². The highest BCUT2D eigenvalue weighted by molar-refractivity contribution is 7.11. The van der Waals surface area contributed by atoms with Gasteiger partial charge in [0.05, 0.1) is 12.3 Å². The second-order valence-electron chi connectivity index (χ2n) is 5.75. The Bertz CT molecular complexity index is 369. The molecule has 1 N–H and O–H groups in total. The highest BCUT2D eigenvalue weighted by atomic mass is 32.1. The van der Waals surface area contributed by atoms with Gasteiger partial charge < -0.3 is 15.0 Å². The van der Waals surface area contributed by atoms with Crippen molar-refractivity contribution in [3.05, 3.63) is 15.6 Å². The molecular weight excluding hydrogens is 246 g/mol. The first-order valence-electron chi connectivity index (χ1n) is 6.18. The van der Waals surface area contributed by atoms with Gasteiger partial charge in [-0.05, 0) is 34.9 Å². The number of rotatable bonds is 6. The van der Waals surface area contributed by atoms with E-state index < -0.39 is 0 Å². The van der Waals surface area contributed by atoms with E-state index in [1.54, 1.807) is 18.4 Å². The number of nitrogens with zero attached hydrogens (tertiary/aromatic N) is 2. The molecule has 4 nitrogen and oxygen atoms in total. The van der Waals surface area contributed by atoms with Gasteiger partial charge >= 0.3 is 0 Å². The SMILES string of the molecule is COCc1nc(CN(C)C)sc1CNC(C)(C)C. The van der Waals surface area contributed by atoms with Gasteiger partial charge in [-0.15, -0.1) is 11.3 Å². The van der Waals surface area contributed by atoms with E-state index in [4.69, 9.17) is 4.74 Å². The molecule has 0 aromatic carbocycles. The van der Waals surface area contributed by atoms with Gasteiger partial charge in [0.1, 0.15) is 5.01 Å². The Morgan fingerprint density at radius 2 is 2.00 bits per heavy atom. The molecule has 0 saturated carbocycles. The van der Waals surface area contributed by atoms with Crippen molar-refractivity contribution in [3.8, 4) is 0 Å². The second-order valence-corrected chi connectivity index (χ2v) is 6.92. The summed E-state index contributed by atoms with van der Waals surface area (Å²) in [6.45, 7) is 8.84. The highest BCUT2D eigenvalue weighted by Crippen LogP contribution is 2.21. The van der Waals surface area contributed by atoms with Gasteiger partial charge in [-0.2, -0.15) is 0 Å². The Morgan fingerprint density at radius 3 is 2.50 bits per heavy atom. The summed E-state index contributed by atoms with van der Waals surface area (Å²) in [6, 6.07) is 0. The van der Waals surface area contributed by atoms with Crippen molar-refractivity contribution in [2.45, 2.75) is 46.0 Å². The van der Waals surface area contributed by atoms with Crippen molar-refractivity contribution in [1.29, 1.82) is 0 Å². The predicted molar refractivity (Wildman–Crippen MR) is 76.8 cm³/mol. The van der Waals surface area contributed by atoms with Crippen molar-refractivity contribution in [3.63, 3.8) is 0 Å². The molecule has 0 aliphatic rings. The molecular formula is C13H25N3OS. The zero-order chi connectivity index (χ0) is 13.8. The predicted octanol–water partition coefficient (Wildman–Crippen LogP) is 2.24. The maximum atomic E-state index is 5.22. The van der Waals surface area contributed by atoms with E-state index in [9.17, 15) is 0 Å². The Morgan fingerprint density at radius 1 is 1.33 bits per heavy atom. The molecule has 1 rings (SSSR count). The molecule has 1 aromatic heterocycles. The van der Waals surface area contributed by atoms with Gasteiger partial charge in [0, 0.05) is 30.6 Å². The normalized spacial score (nSPS) is 12.4. The second kappa shape index (κ2) is 6.61. The van der Waals surface area contributed by atoms with Gasteiger partial charge in [-0.25, -0.2) is 4.98 Å². The third-order valence-corrected chi connectivity index (χ3v) is 3.42. The molecule has 0 atom stereocenters. The van der Waals surface area contributed by atoms with E-state index in [1.165, 1.54) is 4.88 Å². The quantitative estimate of drug-likeness (QED) is 0.861. The number of nitrogens with one attached hydrogen (secondary N) is 1. The van der Waals surface area contributed by atoms with Crippen LogP contribution in [0.3, 0.4) is 0 Å². The summed E-state index contributed by atoms with van der Waals surface area (Å²) in [6.07, 6.45) is 0. The van der Waals surface area contributed by atoms with Crippen LogP contribution in [0.2, 0.25) is 0 Å². The maximum absolute atomic E-state index is 5.22. The third-order valence-electron chi connectivity index (χ3n) is 2.33. The van der Waals surface area contributed by atoms with Crippen molar-refractivity contribution in [2.24, 2.45) is 0 Å². The number of ether oxygens (including phenoxy) is 1. The summed E-state index contributed by atoms with van der Waals surface area (Å²) < 4.78 is 5.22. The fourth-order valence-electron chi connectivity index (χ4n) is 1.51. The lowest BCUT2D eigenvalue weighted by molar-refractivity contribution is 0.180. The number of hydrogen-bond acceptors (Lipinski definition) is 5. The number of methoxy groups -OCH3 is 1. The summed E-state index contributed by atoms with van der Waals surface area (Å²) in [5.41, 5.74) is 1.19. The van der Waals surface area contributed by atoms with Gasteiger partial charge in [0.2, 0.25) is 0 Å². The third kappa shape index (κ3) is 5.44. The Labute approximate surface area is 114 Å². The first-order chi connectivity index (χ1) is 8.31. The average molecular weight is 271 g/mol. The van der Waals surface area contributed by atoms with E-state index in [0.717, 1.165) is 23.8 Å². The lowest BCUT2D eigenvalue weighted by Crippen LogP contribution is -2.35. The fourth-order valence-corrected chi connectivity index (χ4v) is 2.64. The van der Waals surface area contributed by atoms with Crippen LogP contribution < -0.4 is 5.32 Å². The van der Waals surface area contributed by atoms with E-state index in [-0.39, 0.29) is 5.54 Å². The Balaban J connectivity index is 2.77. The monoisotopic (exact) mass is 271 g/mol. The molecule has 18 heavy (non-hydrogen) atoms. The van der Waals surface area contributed by atoms with E-state index in [2.05, 4.69) is 50.1 Å². The molecule has 0 saturated heterocycles. The maximum Gasteiger partial charge on any atom is 0.107 e. The van der Waals surface area contributed by atoms with Crippen molar-refractivity contribution < 1.29 is 4.74 Å². The molecule has 0 bridgehead atoms. The molecule has 1 heterocycles. The van der Waals surface area contributed by atoms with Crippen LogP contribution in [0.4, 0.5) is 0 Å². The van der Waals surface area contributed by atoms with Crippen LogP contribution >= 0.6 is 11.3 Å². The molecule has 0 fully saturated rings. The average Bonchev–Trinajstić information content (AvgIpc) is 2.56.